The number of hydrogen-bond acceptors (Lipinski definition) is 4. The molecule has 0 saturated carbocycles. The maximum absolute atomic E-state index is 12.8. The molecule has 20 heavy (non-hydrogen) atoms. The first kappa shape index (κ1) is 14.7. The van der Waals surface area contributed by atoms with Crippen LogP contribution < -0.4 is 4.72 Å². The van der Waals surface area contributed by atoms with Gasteiger partial charge in [0.2, 0.25) is 0 Å². The maximum atomic E-state index is 12.8. The Balaban J connectivity index is 2.12. The van der Waals surface area contributed by atoms with Gasteiger partial charge in [0.05, 0.1) is 12.7 Å². The number of carboxylic acid groups (broad SMARTS) is 1. The van der Waals surface area contributed by atoms with Crippen molar-refractivity contribution in [1.29, 1.82) is 0 Å². The summed E-state index contributed by atoms with van der Waals surface area (Å²) < 4.78 is 44.2. The quantitative estimate of drug-likeness (QED) is 0.857. The van der Waals surface area contributed by atoms with Gasteiger partial charge >= 0.3 is 16.3 Å². The number of amides is 1. The van der Waals surface area contributed by atoms with E-state index in [1.54, 1.807) is 0 Å². The van der Waals surface area contributed by atoms with E-state index in [-0.39, 0.29) is 19.7 Å². The zero-order valence-electron chi connectivity index (χ0n) is 10.3. The van der Waals surface area contributed by atoms with Crippen LogP contribution in [0.1, 0.15) is 11.7 Å². The minimum absolute atomic E-state index is 0.0335. The number of rotatable bonds is 3. The zero-order valence-corrected chi connectivity index (χ0v) is 11.1. The topological polar surface area (TPSA) is 95.9 Å². The number of nitrogens with zero attached hydrogens (tertiary/aromatic N) is 1. The molecule has 1 aromatic carbocycles. The van der Waals surface area contributed by atoms with Crippen LogP contribution in [0.25, 0.3) is 0 Å². The molecule has 1 saturated heterocycles. The Morgan fingerprint density at radius 3 is 2.65 bits per heavy atom. The van der Waals surface area contributed by atoms with Crippen molar-refractivity contribution < 1.29 is 27.4 Å². The van der Waals surface area contributed by atoms with E-state index in [1.807, 2.05) is 0 Å². The normalized spacial score (nSPS) is 20.6. The lowest BCUT2D eigenvalue weighted by molar-refractivity contribution is -0.00291. The molecule has 1 aliphatic heterocycles. The van der Waals surface area contributed by atoms with Crippen molar-refractivity contribution in [2.45, 2.75) is 6.10 Å². The van der Waals surface area contributed by atoms with Crippen LogP contribution in [0.2, 0.25) is 0 Å². The fourth-order valence-corrected chi connectivity index (χ4v) is 2.89. The second-order valence-electron chi connectivity index (χ2n) is 4.18. The lowest BCUT2D eigenvalue weighted by Gasteiger charge is -2.31. The first-order valence-electron chi connectivity index (χ1n) is 5.76. The Hall–Kier alpha value is -1.71. The molecule has 110 valence electrons. The molecule has 7 nitrogen and oxygen atoms in total. The highest BCUT2D eigenvalue weighted by Crippen LogP contribution is 2.23. The average Bonchev–Trinajstić information content (AvgIpc) is 2.38. The third kappa shape index (κ3) is 3.44. The highest BCUT2D eigenvalue weighted by Gasteiger charge is 2.31. The van der Waals surface area contributed by atoms with Gasteiger partial charge in [0.15, 0.2) is 0 Å². The van der Waals surface area contributed by atoms with E-state index >= 15 is 0 Å². The van der Waals surface area contributed by atoms with Crippen LogP contribution in [-0.4, -0.2) is 43.6 Å². The summed E-state index contributed by atoms with van der Waals surface area (Å²) in [6, 6.07) is 5.50. The van der Waals surface area contributed by atoms with Gasteiger partial charge < -0.3 is 9.84 Å². The molecule has 1 amide bonds. The largest absolute Gasteiger partial charge is 0.464 e. The first-order chi connectivity index (χ1) is 9.38. The van der Waals surface area contributed by atoms with Crippen LogP contribution in [0.4, 0.5) is 9.18 Å². The molecule has 2 rings (SSSR count). The van der Waals surface area contributed by atoms with Crippen molar-refractivity contribution >= 4 is 16.3 Å². The monoisotopic (exact) mass is 304 g/mol. The van der Waals surface area contributed by atoms with E-state index in [0.29, 0.717) is 5.56 Å². The van der Waals surface area contributed by atoms with Gasteiger partial charge in [-0.05, 0) is 17.7 Å². The number of carbonyl (C=O) groups is 1. The summed E-state index contributed by atoms with van der Waals surface area (Å²) >= 11 is 0. The van der Waals surface area contributed by atoms with E-state index in [2.05, 4.69) is 0 Å². The molecule has 1 unspecified atom stereocenters. The van der Waals surface area contributed by atoms with Gasteiger partial charge in [-0.2, -0.15) is 12.7 Å². The molecule has 0 aromatic heterocycles. The van der Waals surface area contributed by atoms with Gasteiger partial charge in [-0.15, -0.1) is 0 Å². The molecule has 1 heterocycles. The predicted octanol–water partition coefficient (Wildman–Crippen LogP) is 0.711. The Labute approximate surface area is 115 Å². The molecule has 9 heteroatoms. The number of ether oxygens (including phenoxy) is 1. The smallest absolute Gasteiger partial charge is 0.419 e. The van der Waals surface area contributed by atoms with E-state index < -0.39 is 28.2 Å². The highest BCUT2D eigenvalue weighted by atomic mass is 32.2. The molecule has 2 N–H and O–H groups in total. The Morgan fingerprint density at radius 2 is 2.05 bits per heavy atom. The van der Waals surface area contributed by atoms with Crippen molar-refractivity contribution in [3.63, 3.8) is 0 Å². The standard InChI is InChI=1S/C11H13FN2O5S/c12-9-3-1-8(2-4-9)10-7-14(5-6-19-10)20(17,18)13-11(15)16/h1-4,10,13H,5-7H2,(H,15,16). The number of benzene rings is 1. The van der Waals surface area contributed by atoms with Gasteiger partial charge in [-0.25, -0.2) is 13.9 Å². The molecule has 1 atom stereocenters. The highest BCUT2D eigenvalue weighted by molar-refractivity contribution is 7.87. The number of halogens is 1. The van der Waals surface area contributed by atoms with Gasteiger partial charge in [0, 0.05) is 13.1 Å². The first-order valence-corrected chi connectivity index (χ1v) is 7.20. The summed E-state index contributed by atoms with van der Waals surface area (Å²) in [6.07, 6.45) is -2.20. The summed E-state index contributed by atoms with van der Waals surface area (Å²) in [4.78, 5) is 10.5. The van der Waals surface area contributed by atoms with Crippen LogP contribution in [0.5, 0.6) is 0 Å². The lowest BCUT2D eigenvalue weighted by Crippen LogP contribution is -2.48. The van der Waals surface area contributed by atoms with Crippen LogP contribution in [0.3, 0.4) is 0 Å². The van der Waals surface area contributed by atoms with Crippen LogP contribution in [0.15, 0.2) is 24.3 Å². The summed E-state index contributed by atoms with van der Waals surface area (Å²) in [7, 11) is -4.10. The summed E-state index contributed by atoms with van der Waals surface area (Å²) in [5, 5.41) is 8.50. The number of nitrogens with one attached hydrogen (secondary N) is 1. The van der Waals surface area contributed by atoms with Crippen molar-refractivity contribution in [1.82, 2.24) is 9.03 Å². The third-order valence-electron chi connectivity index (χ3n) is 2.83. The van der Waals surface area contributed by atoms with E-state index in [9.17, 15) is 17.6 Å². The Bertz CT molecular complexity index is 589. The minimum atomic E-state index is -4.10. The predicted molar refractivity (Wildman–Crippen MR) is 66.7 cm³/mol. The second kappa shape index (κ2) is 5.73. The minimum Gasteiger partial charge on any atom is -0.464 e. The number of hydrogen-bond donors (Lipinski definition) is 2. The van der Waals surface area contributed by atoms with Crippen molar-refractivity contribution in [2.75, 3.05) is 19.7 Å². The summed E-state index contributed by atoms with van der Waals surface area (Å²) in [6.45, 7) is 0.150. The fraction of sp³-hybridized carbons (Fsp3) is 0.364. The van der Waals surface area contributed by atoms with Gasteiger partial charge in [-0.3, -0.25) is 0 Å². The maximum Gasteiger partial charge on any atom is 0.419 e. The third-order valence-corrected chi connectivity index (χ3v) is 4.27. The van der Waals surface area contributed by atoms with Gasteiger partial charge in [0.1, 0.15) is 5.82 Å². The average molecular weight is 304 g/mol. The Morgan fingerprint density at radius 1 is 1.40 bits per heavy atom. The van der Waals surface area contributed by atoms with E-state index in [4.69, 9.17) is 9.84 Å². The van der Waals surface area contributed by atoms with Gasteiger partial charge in [-0.1, -0.05) is 12.1 Å². The van der Waals surface area contributed by atoms with Crippen LogP contribution in [0, 0.1) is 5.82 Å². The number of morpholine rings is 1. The van der Waals surface area contributed by atoms with Gasteiger partial charge in [0.25, 0.3) is 0 Å². The molecule has 1 fully saturated rings. The van der Waals surface area contributed by atoms with E-state index in [0.717, 1.165) is 4.31 Å². The molecular weight excluding hydrogens is 291 g/mol. The second-order valence-corrected chi connectivity index (χ2v) is 5.85. The van der Waals surface area contributed by atoms with Crippen LogP contribution >= 0.6 is 0 Å². The Kier molecular flexibility index (Phi) is 4.21. The van der Waals surface area contributed by atoms with Crippen molar-refractivity contribution in [3.8, 4) is 0 Å². The summed E-state index contributed by atoms with van der Waals surface area (Å²) in [5.74, 6) is -0.401. The van der Waals surface area contributed by atoms with Crippen molar-refractivity contribution in [3.05, 3.63) is 35.6 Å². The van der Waals surface area contributed by atoms with Crippen LogP contribution in [-0.2, 0) is 14.9 Å². The lowest BCUT2D eigenvalue weighted by atomic mass is 10.1. The molecule has 0 bridgehead atoms. The molecular formula is C11H13FN2O5S. The molecule has 1 aliphatic rings. The fourth-order valence-electron chi connectivity index (χ4n) is 1.90. The summed E-state index contributed by atoms with van der Waals surface area (Å²) in [5.41, 5.74) is 0.627. The molecule has 1 aromatic rings. The SMILES string of the molecule is O=C(O)NS(=O)(=O)N1CCOC(c2ccc(F)cc2)C1. The molecule has 0 radical (unpaired) electrons. The van der Waals surface area contributed by atoms with Crippen molar-refractivity contribution in [2.24, 2.45) is 0 Å². The zero-order chi connectivity index (χ0) is 14.8. The molecule has 0 aliphatic carbocycles. The molecule has 0 spiro atoms. The van der Waals surface area contributed by atoms with E-state index in [1.165, 1.54) is 29.0 Å².